The van der Waals surface area contributed by atoms with E-state index in [1.54, 1.807) is 26.2 Å². The van der Waals surface area contributed by atoms with Crippen LogP contribution in [0.2, 0.25) is 0 Å². The average molecular weight is 710 g/mol. The standard InChI is InChI=1S/C39H59N5O5S/c1-10-16-30(25-42(7)11-2)40-38(46)39(5,6)26-44-34-24-29(37(45)41-50(47,48)43(8)12-3)19-21-33(34)35(28-17-14-13-15-18-28)36(44)32-22-20-31(49-9)23-27(32)4/h19-24,28,30H,10-18,25-26H2,1-9H3,(H,40,46)(H,41,45). The van der Waals surface area contributed by atoms with Crippen LogP contribution >= 0.6 is 0 Å². The van der Waals surface area contributed by atoms with Gasteiger partial charge in [0.25, 0.3) is 5.91 Å². The summed E-state index contributed by atoms with van der Waals surface area (Å²) in [7, 11) is 1.16. The number of hydrogen-bond acceptors (Lipinski definition) is 6. The normalized spacial score (nSPS) is 15.1. The number of likely N-dealkylation sites (N-methyl/N-ethyl adjacent to an activating group) is 1. The number of fused-ring (bicyclic) bond motifs is 1. The molecule has 1 aliphatic carbocycles. The van der Waals surface area contributed by atoms with E-state index in [-0.39, 0.29) is 24.1 Å². The Hall–Kier alpha value is -3.41. The minimum atomic E-state index is -4.00. The van der Waals surface area contributed by atoms with Gasteiger partial charge in [-0.1, -0.05) is 52.5 Å². The van der Waals surface area contributed by atoms with Crippen LogP contribution in [0, 0.1) is 12.3 Å². The highest BCUT2D eigenvalue weighted by Crippen LogP contribution is 2.46. The van der Waals surface area contributed by atoms with Gasteiger partial charge in [0.2, 0.25) is 5.91 Å². The van der Waals surface area contributed by atoms with Crippen LogP contribution in [0.15, 0.2) is 36.4 Å². The Kier molecular flexibility index (Phi) is 13.2. The van der Waals surface area contributed by atoms with Crippen molar-refractivity contribution in [3.8, 4) is 17.0 Å². The fourth-order valence-electron chi connectivity index (χ4n) is 7.14. The Labute approximate surface area is 300 Å². The second kappa shape index (κ2) is 16.7. The number of ether oxygens (including phenoxy) is 1. The number of benzene rings is 2. The molecule has 0 spiro atoms. The van der Waals surface area contributed by atoms with Crippen LogP contribution in [0.4, 0.5) is 0 Å². The number of nitrogens with zero attached hydrogens (tertiary/aromatic N) is 3. The molecule has 3 aromatic rings. The van der Waals surface area contributed by atoms with E-state index in [1.165, 1.54) is 19.0 Å². The number of aromatic nitrogens is 1. The summed E-state index contributed by atoms with van der Waals surface area (Å²) in [6.07, 6.45) is 7.44. The molecule has 0 aliphatic heterocycles. The van der Waals surface area contributed by atoms with E-state index in [9.17, 15) is 18.0 Å². The molecule has 4 rings (SSSR count). The van der Waals surface area contributed by atoms with E-state index in [2.05, 4.69) is 53.4 Å². The van der Waals surface area contributed by atoms with Crippen LogP contribution in [0.25, 0.3) is 22.2 Å². The number of carbonyl (C=O) groups is 2. The Morgan fingerprint density at radius 3 is 2.32 bits per heavy atom. The first-order valence-electron chi connectivity index (χ1n) is 18.3. The van der Waals surface area contributed by atoms with Gasteiger partial charge < -0.3 is 19.5 Å². The lowest BCUT2D eigenvalue weighted by Crippen LogP contribution is -2.48. The Morgan fingerprint density at radius 1 is 1.02 bits per heavy atom. The van der Waals surface area contributed by atoms with Gasteiger partial charge in [-0.25, -0.2) is 4.72 Å². The molecule has 2 amide bonds. The smallest absolute Gasteiger partial charge is 0.303 e. The summed E-state index contributed by atoms with van der Waals surface area (Å²) in [5.74, 6) is 0.351. The Morgan fingerprint density at radius 2 is 1.72 bits per heavy atom. The minimum absolute atomic E-state index is 0.0257. The molecule has 0 radical (unpaired) electrons. The maximum Gasteiger partial charge on any atom is 0.303 e. The summed E-state index contributed by atoms with van der Waals surface area (Å²) >= 11 is 0. The zero-order valence-corrected chi connectivity index (χ0v) is 32.5. The molecular formula is C39H59N5O5S. The summed E-state index contributed by atoms with van der Waals surface area (Å²) in [5.41, 5.74) is 4.58. The molecule has 1 fully saturated rings. The largest absolute Gasteiger partial charge is 0.497 e. The number of methoxy groups -OCH3 is 1. The fourth-order valence-corrected chi connectivity index (χ4v) is 7.99. The third-order valence-electron chi connectivity index (χ3n) is 10.4. The van der Waals surface area contributed by atoms with Gasteiger partial charge in [-0.15, -0.1) is 0 Å². The van der Waals surface area contributed by atoms with E-state index in [1.807, 2.05) is 32.0 Å². The van der Waals surface area contributed by atoms with Crippen LogP contribution in [0.5, 0.6) is 5.75 Å². The molecule has 11 heteroatoms. The highest BCUT2D eigenvalue weighted by molar-refractivity contribution is 7.87. The summed E-state index contributed by atoms with van der Waals surface area (Å²) in [6, 6.07) is 11.6. The van der Waals surface area contributed by atoms with Crippen molar-refractivity contribution >= 4 is 32.9 Å². The molecule has 2 N–H and O–H groups in total. The molecule has 1 heterocycles. The molecule has 1 saturated carbocycles. The SMILES string of the molecule is CCCC(CN(C)CC)NC(=O)C(C)(C)Cn1c(-c2ccc(OC)cc2C)c(C2CCCCC2)c2ccc(C(=O)NS(=O)(=O)N(C)CC)cc21. The molecule has 1 aliphatic rings. The molecule has 50 heavy (non-hydrogen) atoms. The Balaban J connectivity index is 1.93. The summed E-state index contributed by atoms with van der Waals surface area (Å²) < 4.78 is 36.8. The number of rotatable bonds is 16. The van der Waals surface area contributed by atoms with Crippen molar-refractivity contribution < 1.29 is 22.7 Å². The third-order valence-corrected chi connectivity index (χ3v) is 11.9. The predicted molar refractivity (Wildman–Crippen MR) is 203 cm³/mol. The van der Waals surface area contributed by atoms with Gasteiger partial charge in [-0.2, -0.15) is 12.7 Å². The van der Waals surface area contributed by atoms with Crippen LogP contribution < -0.4 is 14.8 Å². The van der Waals surface area contributed by atoms with Gasteiger partial charge >= 0.3 is 10.2 Å². The summed E-state index contributed by atoms with van der Waals surface area (Å²) in [5, 5.41) is 4.40. The number of aryl methyl sites for hydroxylation is 1. The van der Waals surface area contributed by atoms with Crippen molar-refractivity contribution in [3.05, 3.63) is 53.1 Å². The number of nitrogens with one attached hydrogen (secondary N) is 2. The molecule has 1 aromatic heterocycles. The first-order valence-corrected chi connectivity index (χ1v) is 19.7. The first-order chi connectivity index (χ1) is 23.7. The van der Waals surface area contributed by atoms with Crippen LogP contribution in [-0.4, -0.2) is 80.9 Å². The molecule has 0 bridgehead atoms. The fraction of sp³-hybridized carbons (Fsp3) is 0.590. The maximum atomic E-state index is 14.2. The zero-order chi connectivity index (χ0) is 36.8. The maximum absolute atomic E-state index is 14.2. The van der Waals surface area contributed by atoms with Crippen LogP contribution in [0.1, 0.15) is 107 Å². The van der Waals surface area contributed by atoms with Gasteiger partial charge in [-0.05, 0) is 101 Å². The number of hydrogen-bond donors (Lipinski definition) is 2. The molecular weight excluding hydrogens is 651 g/mol. The summed E-state index contributed by atoms with van der Waals surface area (Å²) in [6.45, 7) is 14.3. The van der Waals surface area contributed by atoms with Crippen molar-refractivity contribution in [1.82, 2.24) is 23.8 Å². The molecule has 276 valence electrons. The second-order valence-electron chi connectivity index (χ2n) is 14.6. The first kappa shape index (κ1) is 39.4. The highest BCUT2D eigenvalue weighted by Gasteiger charge is 2.35. The van der Waals surface area contributed by atoms with E-state index >= 15 is 0 Å². The quantitative estimate of drug-likeness (QED) is 0.168. The molecule has 0 saturated heterocycles. The van der Waals surface area contributed by atoms with Crippen LogP contribution in [-0.2, 0) is 21.5 Å². The monoisotopic (exact) mass is 709 g/mol. The second-order valence-corrected chi connectivity index (χ2v) is 16.4. The molecule has 1 atom stereocenters. The highest BCUT2D eigenvalue weighted by atomic mass is 32.2. The van der Waals surface area contributed by atoms with E-state index in [0.717, 1.165) is 89.4 Å². The summed E-state index contributed by atoms with van der Waals surface area (Å²) in [4.78, 5) is 29.9. The number of carbonyl (C=O) groups excluding carboxylic acids is 2. The van der Waals surface area contributed by atoms with Crippen molar-refractivity contribution in [3.63, 3.8) is 0 Å². The van der Waals surface area contributed by atoms with Crippen molar-refractivity contribution in [1.29, 1.82) is 0 Å². The van der Waals surface area contributed by atoms with Gasteiger partial charge in [0, 0.05) is 54.8 Å². The van der Waals surface area contributed by atoms with Gasteiger partial charge in [-0.3, -0.25) is 9.59 Å². The molecule has 2 aromatic carbocycles. The van der Waals surface area contributed by atoms with Gasteiger partial charge in [0.05, 0.1) is 18.2 Å². The van der Waals surface area contributed by atoms with E-state index in [4.69, 9.17) is 4.74 Å². The zero-order valence-electron chi connectivity index (χ0n) is 31.7. The van der Waals surface area contributed by atoms with Crippen LogP contribution in [0.3, 0.4) is 0 Å². The van der Waals surface area contributed by atoms with Crippen molar-refractivity contribution in [2.45, 2.75) is 105 Å². The van der Waals surface area contributed by atoms with E-state index in [0.29, 0.717) is 12.5 Å². The van der Waals surface area contributed by atoms with Gasteiger partial charge in [0.15, 0.2) is 0 Å². The predicted octanol–water partition coefficient (Wildman–Crippen LogP) is 6.86. The average Bonchev–Trinajstić information content (AvgIpc) is 3.39. The number of amides is 2. The van der Waals surface area contributed by atoms with Crippen molar-refractivity contribution in [2.75, 3.05) is 40.8 Å². The minimum Gasteiger partial charge on any atom is -0.497 e. The lowest BCUT2D eigenvalue weighted by Gasteiger charge is -2.31. The topological polar surface area (TPSA) is 113 Å². The lowest BCUT2D eigenvalue weighted by molar-refractivity contribution is -0.130. The van der Waals surface area contributed by atoms with Gasteiger partial charge in [0.1, 0.15) is 5.75 Å². The molecule has 10 nitrogen and oxygen atoms in total. The molecule has 1 unspecified atom stereocenters. The van der Waals surface area contributed by atoms with Crippen molar-refractivity contribution in [2.24, 2.45) is 5.41 Å². The Bertz CT molecular complexity index is 1760. The lowest BCUT2D eigenvalue weighted by atomic mass is 9.81. The van der Waals surface area contributed by atoms with E-state index < -0.39 is 21.5 Å². The third kappa shape index (κ3) is 8.90.